The summed E-state index contributed by atoms with van der Waals surface area (Å²) < 4.78 is 33.1. The van der Waals surface area contributed by atoms with E-state index in [0.717, 1.165) is 59.7 Å². The number of imidazole rings is 1. The summed E-state index contributed by atoms with van der Waals surface area (Å²) in [4.78, 5) is 24.3. The van der Waals surface area contributed by atoms with E-state index in [1.165, 1.54) is 0 Å². The number of para-hydroxylation sites is 1. The van der Waals surface area contributed by atoms with E-state index >= 15 is 0 Å². The number of H-pyrrole nitrogens is 2. The van der Waals surface area contributed by atoms with Crippen molar-refractivity contribution in [3.63, 3.8) is 0 Å². The van der Waals surface area contributed by atoms with E-state index < -0.39 is 48.7 Å². The average molecular weight is 710 g/mol. The molecule has 276 valence electrons. The fourth-order valence-electron chi connectivity index (χ4n) is 6.90. The summed E-state index contributed by atoms with van der Waals surface area (Å²) in [5.74, 6) is -0.645. The predicted molar refractivity (Wildman–Crippen MR) is 199 cm³/mol. The van der Waals surface area contributed by atoms with Gasteiger partial charge in [0.1, 0.15) is 30.5 Å². The number of carbonyl (C=O) groups excluding carboxylic acids is 1. The van der Waals surface area contributed by atoms with Crippen molar-refractivity contribution in [2.24, 2.45) is 0 Å². The molecule has 3 N–H and O–H groups in total. The second-order valence-corrected chi connectivity index (χ2v) is 13.6. The summed E-state index contributed by atoms with van der Waals surface area (Å²) in [6.07, 6.45) is 2.35. The molecule has 5 aromatic rings. The van der Waals surface area contributed by atoms with Gasteiger partial charge in [-0.1, -0.05) is 111 Å². The van der Waals surface area contributed by atoms with E-state index in [4.69, 9.17) is 23.7 Å². The number of unbranched alkanes of at least 4 members (excludes halogenated alkanes) is 4. The zero-order valence-corrected chi connectivity index (χ0v) is 30.3. The number of rotatable bonds is 18. The van der Waals surface area contributed by atoms with Crippen molar-refractivity contribution in [1.29, 1.82) is 0 Å². The van der Waals surface area contributed by atoms with Crippen LogP contribution in [0.1, 0.15) is 85.1 Å². The number of esters is 1. The number of benzene rings is 3. The van der Waals surface area contributed by atoms with Crippen molar-refractivity contribution >= 4 is 16.9 Å². The standard InChI is InChI=1S/C42H51N3O7/c1-4-5-6-7-16-23-48-36-35(46)37(51-29(3)33-25-43-34-22-15-14-21-32(33)34)40(52-42(47)41-44-24-28(2)45-41)39(50-27-31-19-12-9-13-20-31)38(36)49-26-30-17-10-8-11-18-30/h8-15,17-22,24-25,29,35-40,43,46H,4-7,16,23,26-27H2,1-3H3,(H,44,45). The zero-order chi connectivity index (χ0) is 36.3. The van der Waals surface area contributed by atoms with Gasteiger partial charge >= 0.3 is 5.97 Å². The highest BCUT2D eigenvalue weighted by Crippen LogP contribution is 2.37. The highest BCUT2D eigenvalue weighted by Gasteiger charge is 2.55. The van der Waals surface area contributed by atoms with Gasteiger partial charge in [-0.2, -0.15) is 0 Å². The number of aryl methyl sites for hydroxylation is 1. The maximum absolute atomic E-state index is 13.8. The van der Waals surface area contributed by atoms with Crippen LogP contribution in [0.2, 0.25) is 0 Å². The Morgan fingerprint density at radius 3 is 2.04 bits per heavy atom. The maximum Gasteiger partial charge on any atom is 0.374 e. The number of hydrogen-bond acceptors (Lipinski definition) is 8. The van der Waals surface area contributed by atoms with Gasteiger partial charge < -0.3 is 38.8 Å². The number of fused-ring (bicyclic) bond motifs is 1. The molecule has 2 heterocycles. The molecular formula is C42H51N3O7. The van der Waals surface area contributed by atoms with Crippen molar-refractivity contribution in [1.82, 2.24) is 15.0 Å². The molecule has 1 aliphatic rings. The lowest BCUT2D eigenvalue weighted by Gasteiger charge is -2.48. The van der Waals surface area contributed by atoms with Gasteiger partial charge in [0.15, 0.2) is 6.10 Å². The number of aliphatic hydroxyl groups is 1. The molecule has 7 unspecified atom stereocenters. The summed E-state index contributed by atoms with van der Waals surface area (Å²) in [5.41, 5.74) is 4.40. The van der Waals surface area contributed by atoms with E-state index in [9.17, 15) is 9.90 Å². The fraction of sp³-hybridized carbons (Fsp3) is 0.429. The molecule has 1 saturated carbocycles. The van der Waals surface area contributed by atoms with Crippen LogP contribution in [-0.4, -0.2) is 69.3 Å². The lowest BCUT2D eigenvalue weighted by atomic mass is 9.83. The third-order valence-corrected chi connectivity index (χ3v) is 9.66. The average Bonchev–Trinajstić information content (AvgIpc) is 3.81. The Labute approximate surface area is 305 Å². The van der Waals surface area contributed by atoms with Gasteiger partial charge in [-0.15, -0.1) is 0 Å². The molecule has 10 heteroatoms. The minimum absolute atomic E-state index is 0.0458. The van der Waals surface area contributed by atoms with Crippen molar-refractivity contribution in [3.05, 3.63) is 126 Å². The van der Waals surface area contributed by atoms with E-state index in [1.54, 1.807) is 13.1 Å². The first-order valence-electron chi connectivity index (χ1n) is 18.5. The number of nitrogens with zero attached hydrogens (tertiary/aromatic N) is 1. The molecule has 2 aromatic heterocycles. The summed E-state index contributed by atoms with van der Waals surface area (Å²) in [7, 11) is 0. The molecule has 0 radical (unpaired) electrons. The van der Waals surface area contributed by atoms with Crippen LogP contribution in [0, 0.1) is 6.92 Å². The van der Waals surface area contributed by atoms with Gasteiger partial charge in [0, 0.05) is 35.5 Å². The van der Waals surface area contributed by atoms with E-state index in [-0.39, 0.29) is 19.0 Å². The van der Waals surface area contributed by atoms with Crippen LogP contribution in [0.3, 0.4) is 0 Å². The van der Waals surface area contributed by atoms with Crippen LogP contribution in [0.4, 0.5) is 0 Å². The van der Waals surface area contributed by atoms with Crippen LogP contribution in [0.5, 0.6) is 0 Å². The normalized spacial score (nSPS) is 22.4. The molecule has 0 spiro atoms. The maximum atomic E-state index is 13.8. The Morgan fingerprint density at radius 2 is 1.38 bits per heavy atom. The molecule has 1 fully saturated rings. The minimum Gasteiger partial charge on any atom is -0.451 e. The van der Waals surface area contributed by atoms with Crippen molar-refractivity contribution < 1.29 is 33.6 Å². The van der Waals surface area contributed by atoms with E-state index in [0.29, 0.717) is 12.3 Å². The Bertz CT molecular complexity index is 1810. The third-order valence-electron chi connectivity index (χ3n) is 9.66. The van der Waals surface area contributed by atoms with Gasteiger partial charge in [-0.3, -0.25) is 0 Å². The Hall–Kier alpha value is -4.32. The Kier molecular flexibility index (Phi) is 13.3. The first-order valence-corrected chi connectivity index (χ1v) is 18.5. The second kappa shape index (κ2) is 18.4. The predicted octanol–water partition coefficient (Wildman–Crippen LogP) is 7.77. The third kappa shape index (κ3) is 9.36. The topological polar surface area (TPSA) is 128 Å². The quantitative estimate of drug-likeness (QED) is 0.0622. The number of hydrogen-bond donors (Lipinski definition) is 3. The SMILES string of the molecule is CCCCCCCOC1C(O)C(OC(C)c2c[nH]c3ccccc23)C(OC(=O)c2nc(C)c[nH]2)C(OCc2ccccc2)C1OCc1ccccc1. The summed E-state index contributed by atoms with van der Waals surface area (Å²) in [5, 5.41) is 13.4. The fourth-order valence-corrected chi connectivity index (χ4v) is 6.90. The molecule has 0 bridgehead atoms. The first-order chi connectivity index (χ1) is 25.4. The molecule has 0 aliphatic heterocycles. The van der Waals surface area contributed by atoms with Crippen LogP contribution < -0.4 is 0 Å². The zero-order valence-electron chi connectivity index (χ0n) is 30.3. The molecule has 0 saturated heterocycles. The monoisotopic (exact) mass is 709 g/mol. The Morgan fingerprint density at radius 1 is 0.750 bits per heavy atom. The first kappa shape index (κ1) is 37.4. The minimum atomic E-state index is -1.24. The van der Waals surface area contributed by atoms with Gasteiger partial charge in [0.2, 0.25) is 5.82 Å². The summed E-state index contributed by atoms with van der Waals surface area (Å²) >= 11 is 0. The van der Waals surface area contributed by atoms with Crippen molar-refractivity contribution in [2.45, 2.75) is 109 Å². The number of ether oxygens (including phenoxy) is 5. The highest BCUT2D eigenvalue weighted by molar-refractivity contribution is 5.85. The van der Waals surface area contributed by atoms with Gasteiger partial charge in [0.05, 0.1) is 25.0 Å². The molecule has 6 rings (SSSR count). The molecular weight excluding hydrogens is 658 g/mol. The number of aromatic nitrogens is 3. The van der Waals surface area contributed by atoms with Gasteiger partial charge in [-0.05, 0) is 37.5 Å². The van der Waals surface area contributed by atoms with Gasteiger partial charge in [0.25, 0.3) is 0 Å². The molecule has 1 aliphatic carbocycles. The van der Waals surface area contributed by atoms with Crippen molar-refractivity contribution in [2.75, 3.05) is 6.61 Å². The Balaban J connectivity index is 1.37. The van der Waals surface area contributed by atoms with Crippen LogP contribution >= 0.6 is 0 Å². The molecule has 52 heavy (non-hydrogen) atoms. The van der Waals surface area contributed by atoms with E-state index in [1.807, 2.05) is 98.0 Å². The highest BCUT2D eigenvalue weighted by atomic mass is 16.6. The lowest BCUT2D eigenvalue weighted by molar-refractivity contribution is -0.275. The lowest BCUT2D eigenvalue weighted by Crippen LogP contribution is -2.67. The number of aromatic amines is 2. The van der Waals surface area contributed by atoms with Gasteiger partial charge in [-0.25, -0.2) is 9.78 Å². The summed E-state index contributed by atoms with van der Waals surface area (Å²) in [6, 6.07) is 27.6. The number of aliphatic hydroxyl groups excluding tert-OH is 1. The van der Waals surface area contributed by atoms with Crippen LogP contribution in [-0.2, 0) is 36.9 Å². The molecule has 10 nitrogen and oxygen atoms in total. The molecule has 3 aromatic carbocycles. The summed E-state index contributed by atoms with van der Waals surface area (Å²) in [6.45, 7) is 6.76. The molecule has 7 atom stereocenters. The second-order valence-electron chi connectivity index (χ2n) is 13.6. The van der Waals surface area contributed by atoms with E-state index in [2.05, 4.69) is 21.9 Å². The largest absolute Gasteiger partial charge is 0.451 e. The van der Waals surface area contributed by atoms with Crippen molar-refractivity contribution in [3.8, 4) is 0 Å². The molecule has 0 amide bonds. The van der Waals surface area contributed by atoms with Crippen LogP contribution in [0.15, 0.2) is 97.3 Å². The smallest absolute Gasteiger partial charge is 0.374 e. The number of nitrogens with one attached hydrogen (secondary N) is 2. The number of carbonyl (C=O) groups is 1. The van der Waals surface area contributed by atoms with Crippen LogP contribution in [0.25, 0.3) is 10.9 Å².